The maximum Gasteiger partial charge on any atom is 0.0745 e. The van der Waals surface area contributed by atoms with Crippen molar-refractivity contribution >= 4 is 0 Å². The van der Waals surface area contributed by atoms with Crippen LogP contribution in [-0.4, -0.2) is 9.97 Å². The summed E-state index contributed by atoms with van der Waals surface area (Å²) < 4.78 is 0. The Morgan fingerprint density at radius 3 is 2.67 bits per heavy atom. The molecule has 2 aromatic heterocycles. The third kappa shape index (κ3) is 2.00. The molecular formula is C12H9N3. The zero-order chi connectivity index (χ0) is 10.5. The van der Waals surface area contributed by atoms with Crippen molar-refractivity contribution in [2.24, 2.45) is 0 Å². The van der Waals surface area contributed by atoms with Gasteiger partial charge in [0.05, 0.1) is 18.2 Å². The first kappa shape index (κ1) is 9.35. The largest absolute Gasteiger partial charge is 0.265 e. The van der Waals surface area contributed by atoms with E-state index in [9.17, 15) is 0 Å². The minimum Gasteiger partial charge on any atom is -0.265 e. The summed E-state index contributed by atoms with van der Waals surface area (Å²) in [7, 11) is 0. The maximum atomic E-state index is 8.70. The molecular weight excluding hydrogens is 186 g/mol. The Hall–Kier alpha value is -2.21. The number of rotatable bonds is 2. The summed E-state index contributed by atoms with van der Waals surface area (Å²) in [4.78, 5) is 8.24. The van der Waals surface area contributed by atoms with Crippen LogP contribution in [0.15, 0.2) is 42.9 Å². The molecule has 0 fully saturated rings. The molecule has 0 atom stereocenters. The fourth-order valence-corrected chi connectivity index (χ4v) is 1.44. The van der Waals surface area contributed by atoms with Crippen molar-refractivity contribution in [3.8, 4) is 17.3 Å². The Morgan fingerprint density at radius 1 is 1.13 bits per heavy atom. The molecule has 0 N–H and O–H groups in total. The van der Waals surface area contributed by atoms with Gasteiger partial charge in [0.1, 0.15) is 0 Å². The van der Waals surface area contributed by atoms with E-state index >= 15 is 0 Å². The van der Waals surface area contributed by atoms with Crippen LogP contribution in [0.3, 0.4) is 0 Å². The van der Waals surface area contributed by atoms with Crippen molar-refractivity contribution in [1.82, 2.24) is 9.97 Å². The molecule has 0 aromatic carbocycles. The summed E-state index contributed by atoms with van der Waals surface area (Å²) in [5, 5.41) is 8.70. The quantitative estimate of drug-likeness (QED) is 0.738. The van der Waals surface area contributed by atoms with Crippen LogP contribution in [0.2, 0.25) is 0 Å². The van der Waals surface area contributed by atoms with Crippen molar-refractivity contribution in [3.05, 3.63) is 48.4 Å². The molecule has 2 heterocycles. The second-order valence-corrected chi connectivity index (χ2v) is 3.08. The lowest BCUT2D eigenvalue weighted by atomic mass is 10.1. The number of hydrogen-bond donors (Lipinski definition) is 0. The van der Waals surface area contributed by atoms with Crippen LogP contribution >= 0.6 is 0 Å². The van der Waals surface area contributed by atoms with Gasteiger partial charge in [0.2, 0.25) is 0 Å². The number of nitriles is 1. The minimum atomic E-state index is 0.380. The monoisotopic (exact) mass is 195 g/mol. The van der Waals surface area contributed by atoms with E-state index in [0.717, 1.165) is 16.8 Å². The summed E-state index contributed by atoms with van der Waals surface area (Å²) in [6.45, 7) is 0. The van der Waals surface area contributed by atoms with Gasteiger partial charge in [-0.2, -0.15) is 5.26 Å². The Balaban J connectivity index is 2.49. The zero-order valence-corrected chi connectivity index (χ0v) is 8.09. The summed E-state index contributed by atoms with van der Waals surface area (Å²) in [6.07, 6.45) is 5.56. The molecule has 0 saturated heterocycles. The lowest BCUT2D eigenvalue weighted by molar-refractivity contribution is 1.19. The molecule has 0 spiro atoms. The number of pyridine rings is 2. The smallest absolute Gasteiger partial charge is 0.0745 e. The van der Waals surface area contributed by atoms with E-state index in [2.05, 4.69) is 16.0 Å². The van der Waals surface area contributed by atoms with Crippen LogP contribution in [0.5, 0.6) is 0 Å². The molecule has 0 aliphatic heterocycles. The number of nitrogens with zero attached hydrogens (tertiary/aromatic N) is 3. The van der Waals surface area contributed by atoms with Crippen LogP contribution in [0.25, 0.3) is 11.3 Å². The highest BCUT2D eigenvalue weighted by atomic mass is 14.7. The van der Waals surface area contributed by atoms with Gasteiger partial charge in [0.25, 0.3) is 0 Å². The molecule has 0 aliphatic rings. The van der Waals surface area contributed by atoms with E-state index in [1.54, 1.807) is 18.6 Å². The van der Waals surface area contributed by atoms with Crippen molar-refractivity contribution in [3.63, 3.8) is 0 Å². The minimum absolute atomic E-state index is 0.380. The average molecular weight is 195 g/mol. The summed E-state index contributed by atoms with van der Waals surface area (Å²) in [6, 6.07) is 9.69. The Morgan fingerprint density at radius 2 is 1.93 bits per heavy atom. The van der Waals surface area contributed by atoms with Crippen LogP contribution in [0, 0.1) is 11.3 Å². The van der Waals surface area contributed by atoms with E-state index < -0.39 is 0 Å². The Bertz CT molecular complexity index is 486. The third-order valence-electron chi connectivity index (χ3n) is 2.11. The molecule has 0 radical (unpaired) electrons. The van der Waals surface area contributed by atoms with Gasteiger partial charge in [-0.15, -0.1) is 0 Å². The first-order chi connectivity index (χ1) is 7.42. The predicted molar refractivity (Wildman–Crippen MR) is 56.8 cm³/mol. The lowest BCUT2D eigenvalue weighted by Crippen LogP contribution is -1.91. The molecule has 0 saturated carbocycles. The van der Waals surface area contributed by atoms with E-state index in [4.69, 9.17) is 5.26 Å². The molecule has 3 nitrogen and oxygen atoms in total. The van der Waals surface area contributed by atoms with Gasteiger partial charge in [-0.1, -0.05) is 6.07 Å². The highest BCUT2D eigenvalue weighted by molar-refractivity contribution is 5.62. The SMILES string of the molecule is N#CCc1cccnc1-c1ccncc1. The topological polar surface area (TPSA) is 49.6 Å². The fourth-order valence-electron chi connectivity index (χ4n) is 1.44. The van der Waals surface area contributed by atoms with E-state index in [1.807, 2.05) is 24.3 Å². The molecule has 15 heavy (non-hydrogen) atoms. The highest BCUT2D eigenvalue weighted by Crippen LogP contribution is 2.20. The molecule has 0 aliphatic carbocycles. The molecule has 3 heteroatoms. The second kappa shape index (κ2) is 4.34. The maximum absolute atomic E-state index is 8.70. The van der Waals surface area contributed by atoms with Crippen molar-refractivity contribution in [2.75, 3.05) is 0 Å². The van der Waals surface area contributed by atoms with Gasteiger partial charge in [0.15, 0.2) is 0 Å². The van der Waals surface area contributed by atoms with E-state index in [1.165, 1.54) is 0 Å². The second-order valence-electron chi connectivity index (χ2n) is 3.08. The van der Waals surface area contributed by atoms with Crippen LogP contribution in [-0.2, 0) is 6.42 Å². The molecule has 0 bridgehead atoms. The number of aromatic nitrogens is 2. The molecule has 0 amide bonds. The standard InChI is InChI=1S/C12H9N3/c13-6-3-10-2-1-7-15-12(10)11-4-8-14-9-5-11/h1-2,4-5,7-9H,3H2. The van der Waals surface area contributed by atoms with Gasteiger partial charge in [-0.3, -0.25) is 9.97 Å². The third-order valence-corrected chi connectivity index (χ3v) is 2.11. The van der Waals surface area contributed by atoms with E-state index in [0.29, 0.717) is 6.42 Å². The van der Waals surface area contributed by atoms with Gasteiger partial charge < -0.3 is 0 Å². The summed E-state index contributed by atoms with van der Waals surface area (Å²) >= 11 is 0. The van der Waals surface area contributed by atoms with Gasteiger partial charge >= 0.3 is 0 Å². The average Bonchev–Trinajstić information content (AvgIpc) is 2.31. The van der Waals surface area contributed by atoms with Gasteiger partial charge in [-0.25, -0.2) is 0 Å². The lowest BCUT2D eigenvalue weighted by Gasteiger charge is -2.04. The molecule has 2 rings (SSSR count). The first-order valence-electron chi connectivity index (χ1n) is 4.63. The van der Waals surface area contributed by atoms with Crippen LogP contribution < -0.4 is 0 Å². The Labute approximate surface area is 88.1 Å². The highest BCUT2D eigenvalue weighted by Gasteiger charge is 2.04. The van der Waals surface area contributed by atoms with Gasteiger partial charge in [-0.05, 0) is 23.8 Å². The van der Waals surface area contributed by atoms with E-state index in [-0.39, 0.29) is 0 Å². The molecule has 2 aromatic rings. The molecule has 0 unspecified atom stereocenters. The van der Waals surface area contributed by atoms with Crippen molar-refractivity contribution in [1.29, 1.82) is 5.26 Å². The number of hydrogen-bond acceptors (Lipinski definition) is 3. The fraction of sp³-hybridized carbons (Fsp3) is 0.0833. The normalized spacial score (nSPS) is 9.53. The predicted octanol–water partition coefficient (Wildman–Crippen LogP) is 2.21. The van der Waals surface area contributed by atoms with Gasteiger partial charge in [0, 0.05) is 24.2 Å². The summed E-state index contributed by atoms with van der Waals surface area (Å²) in [5.74, 6) is 0. The molecule has 72 valence electrons. The Kier molecular flexibility index (Phi) is 2.70. The van der Waals surface area contributed by atoms with Crippen molar-refractivity contribution in [2.45, 2.75) is 6.42 Å². The summed E-state index contributed by atoms with van der Waals surface area (Å²) in [5.41, 5.74) is 2.81. The van der Waals surface area contributed by atoms with Crippen LogP contribution in [0.4, 0.5) is 0 Å². The zero-order valence-electron chi connectivity index (χ0n) is 8.09. The van der Waals surface area contributed by atoms with Crippen LogP contribution in [0.1, 0.15) is 5.56 Å². The van der Waals surface area contributed by atoms with Crippen molar-refractivity contribution < 1.29 is 0 Å². The first-order valence-corrected chi connectivity index (χ1v) is 4.63.